The number of nitrogens with one attached hydrogen (secondary N) is 15. The lowest BCUT2D eigenvalue weighted by molar-refractivity contribution is -0.158. The third-order valence-corrected chi connectivity index (χ3v) is 23.9. The molecule has 23 N–H and O–H groups in total. The van der Waals surface area contributed by atoms with Gasteiger partial charge in [-0.25, -0.2) is 4.79 Å². The number of carboxylic acid groups (broad SMARTS) is 2. The van der Waals surface area contributed by atoms with Crippen LogP contribution in [0.2, 0.25) is 0 Å². The van der Waals surface area contributed by atoms with E-state index in [9.17, 15) is 86.9 Å². The van der Waals surface area contributed by atoms with Crippen molar-refractivity contribution in [1.29, 1.82) is 0 Å². The summed E-state index contributed by atoms with van der Waals surface area (Å²) in [6.07, 6.45) is -3.38. The summed E-state index contributed by atoms with van der Waals surface area (Å²) in [6.45, 7) is 2.16. The minimum absolute atomic E-state index is 0.0524. The Bertz CT molecular complexity index is 4880. The van der Waals surface area contributed by atoms with Gasteiger partial charge in [0.1, 0.15) is 66.5 Å². The molecule has 3 saturated heterocycles. The van der Waals surface area contributed by atoms with Gasteiger partial charge in [0.15, 0.2) is 0 Å². The molecule has 5 heterocycles. The first kappa shape index (κ1) is 100. The van der Waals surface area contributed by atoms with Gasteiger partial charge in [0.25, 0.3) is 0 Å². The zero-order valence-electron chi connectivity index (χ0n) is 70.6. The molecule has 5 aromatic rings. The van der Waals surface area contributed by atoms with E-state index in [4.69, 9.17) is 17.2 Å². The van der Waals surface area contributed by atoms with Crippen LogP contribution in [0.15, 0.2) is 91.3 Å². The number of hydrogen-bond donors (Lipinski definition) is 20. The van der Waals surface area contributed by atoms with Crippen LogP contribution in [0.3, 0.4) is 0 Å². The summed E-state index contributed by atoms with van der Waals surface area (Å²) >= 11 is 2.83. The van der Waals surface area contributed by atoms with Crippen molar-refractivity contribution in [3.63, 3.8) is 0 Å². The smallest absolute Gasteiger partial charge is 0.312 e. The van der Waals surface area contributed by atoms with Gasteiger partial charge in [0, 0.05) is 134 Å². The average Bonchev–Trinajstić information content (AvgIpc) is 1.74. The number of hydrogen-bond acceptors (Lipinski definition) is 23. The molecule has 4 bridgehead atoms. The second-order valence-corrected chi connectivity index (χ2v) is 34.6. The molecule has 46 heteroatoms. The van der Waals surface area contributed by atoms with Crippen LogP contribution in [0.1, 0.15) is 108 Å². The Morgan fingerprint density at radius 2 is 0.914 bits per heavy atom. The molecule has 43 nitrogen and oxygen atoms in total. The average molecular weight is 1840 g/mol. The number of carbonyl (C=O) groups is 20. The molecule has 11 atom stereocenters. The number of nitrogens with zero attached hydrogens (tertiary/aromatic N) is 3. The van der Waals surface area contributed by atoms with Crippen molar-refractivity contribution in [2.24, 2.45) is 23.1 Å². The van der Waals surface area contributed by atoms with Crippen LogP contribution in [0.5, 0.6) is 0 Å². The summed E-state index contributed by atoms with van der Waals surface area (Å²) in [6, 6.07) is 2.22. The molecule has 3 fully saturated rings. The third-order valence-electron chi connectivity index (χ3n) is 20.7. The van der Waals surface area contributed by atoms with E-state index in [0.29, 0.717) is 38.5 Å². The lowest BCUT2D eigenvalue weighted by Crippen LogP contribution is -2.61. The molecular formula is C82H109N21O22S3. The van der Waals surface area contributed by atoms with Crippen molar-refractivity contribution in [3.05, 3.63) is 108 Å². The number of para-hydroxylation sites is 2. The Morgan fingerprint density at radius 3 is 1.43 bits per heavy atom. The number of amides is 19. The number of fused-ring (bicyclic) bond motifs is 9. The second-order valence-electron chi connectivity index (χ2n) is 31.2. The number of carboxylic acids is 2. The quantitative estimate of drug-likeness (QED) is 0.0299. The number of thioether (sulfide) groups is 3. The fourth-order valence-corrected chi connectivity index (χ4v) is 16.9. The largest absolute Gasteiger partial charge is 0.481 e. The molecule has 3 aliphatic rings. The van der Waals surface area contributed by atoms with Crippen molar-refractivity contribution in [2.75, 3.05) is 67.6 Å². The lowest BCUT2D eigenvalue weighted by atomic mass is 9.99. The van der Waals surface area contributed by atoms with Gasteiger partial charge in [-0.05, 0) is 66.8 Å². The molecular weight excluding hydrogens is 1730 g/mol. The van der Waals surface area contributed by atoms with Gasteiger partial charge in [-0.2, -0.15) is 35.3 Å². The molecule has 128 heavy (non-hydrogen) atoms. The molecule has 0 unspecified atom stereocenters. The Labute approximate surface area is 747 Å². The number of aromatic amines is 2. The van der Waals surface area contributed by atoms with Crippen LogP contribution < -0.4 is 86.3 Å². The maximum absolute atomic E-state index is 15.5. The normalized spacial score (nSPS) is 23.2. The molecule has 2 aromatic heterocycles. The molecule has 8 rings (SSSR count). The Hall–Kier alpha value is -13.0. The van der Waals surface area contributed by atoms with Crippen LogP contribution in [0.4, 0.5) is 4.79 Å². The highest BCUT2D eigenvalue weighted by atomic mass is 32.2. The summed E-state index contributed by atoms with van der Waals surface area (Å²) in [7, 11) is 0. The lowest BCUT2D eigenvalue weighted by Gasteiger charge is -2.42. The van der Waals surface area contributed by atoms with E-state index < -0.39 is 268 Å². The predicted octanol–water partition coefficient (Wildman–Crippen LogP) is -3.50. The first-order valence-electron chi connectivity index (χ1n) is 41.3. The van der Waals surface area contributed by atoms with Crippen LogP contribution in [-0.4, -0.2) is 287 Å². The van der Waals surface area contributed by atoms with E-state index in [1.807, 2.05) is 0 Å². The number of rotatable bonds is 22. The predicted molar refractivity (Wildman–Crippen MR) is 468 cm³/mol. The standard InChI is InChI=1S/C82H109N21O22S3/c1-44(2)30-56-75(118)93-55(20-22-69(110)111)74(117)98-60(34-70(112)113)79(122)100-63-40-128-29-25-68(109)103-42-101(41-102(43-103)67(108)24-28-127-39-62(90-45(3)104)80(123)94-54(19-21-64(83)105)73(116)96-59(78(121)95-56)33-48-36-88-52-17-10-8-15-50(48)52)66(107)23-27-126-38-61(71(84)114)99-76(119)57(31-46-12-5-4-6-13-46)91-65(106)37-89-72(115)53(18-11-26-86-82(85)125)92-77(120)58(97-81(63)124)32-47-35-87-51-16-9-7-14-49(47)51/h4-10,12-17,35-36,44,53-63,87-88H,11,18-34,37-43H2,1-3H3,(H2,83,105)(H2,84,114)(H,89,115)(H,90,104)(H,91,106)(H,92,120)(H,93,118)(H,94,123)(H,95,121)(H,96,116)(H,97,124)(H,98,117)(H,99,119)(H,100,122)(H,110,111)(H,112,113)(H3,85,86,125)/t53-,54-,55-,56-,57-,58-,59-,60-,61-,62-,63-/m0/s1. The highest BCUT2D eigenvalue weighted by molar-refractivity contribution is 7.99. The first-order valence-corrected chi connectivity index (χ1v) is 44.8. The van der Waals surface area contributed by atoms with Crippen LogP contribution in [0.25, 0.3) is 21.8 Å². The number of carbonyl (C=O) groups excluding carboxylic acids is 18. The SMILES string of the molecule is CC(=O)N[C@H]1CSCCC(=O)N2CN3CN(C2)C(=O)CCSC[C@H](NC(=O)[C@H](CC(=O)O)NC(=O)[C@H](CCC(=O)O)NC(=O)[C@H](CC(C)C)NC(=O)[C@H](Cc2c[nH]c4ccccc24)NC(=O)[C@H](CCC(N)=O)NC1=O)C(=O)N[C@@H](Cc1c[nH]c2ccccc12)C(=O)N[C@@H](CCCNC(N)=O)C(=O)NCC(=O)N[C@@H](Cc1ccccc1)C(=O)N[C@H](C(N)=O)CSCCC3=O. The van der Waals surface area contributed by atoms with Gasteiger partial charge >= 0.3 is 18.0 Å². The van der Waals surface area contributed by atoms with E-state index in [1.165, 1.54) is 20.9 Å². The van der Waals surface area contributed by atoms with Gasteiger partial charge in [0.05, 0.1) is 33.0 Å². The van der Waals surface area contributed by atoms with E-state index in [-0.39, 0.29) is 80.3 Å². The molecule has 0 aliphatic carbocycles. The van der Waals surface area contributed by atoms with Gasteiger partial charge in [-0.1, -0.05) is 80.6 Å². The van der Waals surface area contributed by atoms with E-state index in [0.717, 1.165) is 42.2 Å². The van der Waals surface area contributed by atoms with Crippen molar-refractivity contribution < 1.29 is 106 Å². The number of aliphatic carboxylic acids is 2. The Balaban J connectivity index is 1.22. The van der Waals surface area contributed by atoms with Crippen LogP contribution >= 0.6 is 35.3 Å². The minimum Gasteiger partial charge on any atom is -0.481 e. The number of urea groups is 1. The van der Waals surface area contributed by atoms with Gasteiger partial charge in [0.2, 0.25) is 100 Å². The summed E-state index contributed by atoms with van der Waals surface area (Å²) in [4.78, 5) is 292. The molecule has 0 saturated carbocycles. The van der Waals surface area contributed by atoms with Crippen LogP contribution in [0, 0.1) is 5.92 Å². The summed E-state index contributed by atoms with van der Waals surface area (Å²) in [5.74, 6) is -21.9. The monoisotopic (exact) mass is 1840 g/mol. The molecule has 692 valence electrons. The molecule has 3 aromatic carbocycles. The van der Waals surface area contributed by atoms with Gasteiger partial charge in [-0.3, -0.25) is 91.1 Å². The third kappa shape index (κ3) is 32.1. The Morgan fingerprint density at radius 1 is 0.469 bits per heavy atom. The van der Waals surface area contributed by atoms with Gasteiger partial charge in [-0.15, -0.1) is 0 Å². The molecule has 0 spiro atoms. The fourth-order valence-electron chi connectivity index (χ4n) is 14.1. The number of benzene rings is 3. The van der Waals surface area contributed by atoms with E-state index >= 15 is 19.2 Å². The number of primary amides is 3. The number of aromatic nitrogens is 2. The maximum Gasteiger partial charge on any atom is 0.312 e. The van der Waals surface area contributed by atoms with Gasteiger partial charge < -0.3 is 121 Å². The molecule has 19 amide bonds. The van der Waals surface area contributed by atoms with Crippen molar-refractivity contribution in [3.8, 4) is 0 Å². The van der Waals surface area contributed by atoms with Crippen molar-refractivity contribution >= 4 is 175 Å². The zero-order chi connectivity index (χ0) is 93.3. The van der Waals surface area contributed by atoms with E-state index in [2.05, 4.69) is 79.1 Å². The summed E-state index contributed by atoms with van der Waals surface area (Å²) in [5.41, 5.74) is 19.3. The summed E-state index contributed by atoms with van der Waals surface area (Å²) in [5, 5.41) is 54.3. The fraction of sp³-hybridized carbons (Fsp3) is 0.488. The maximum atomic E-state index is 15.5. The van der Waals surface area contributed by atoms with Crippen LogP contribution in [-0.2, 0) is 110 Å². The number of H-pyrrole nitrogens is 2. The first-order chi connectivity index (χ1) is 61.0. The highest BCUT2D eigenvalue weighted by Crippen LogP contribution is 2.24. The van der Waals surface area contributed by atoms with E-state index in [1.54, 1.807) is 98.9 Å². The second kappa shape index (κ2) is 49.8. The summed E-state index contributed by atoms with van der Waals surface area (Å²) < 4.78 is 0. The zero-order valence-corrected chi connectivity index (χ0v) is 73.1. The number of nitrogens with two attached hydrogens (primary N) is 3. The topological polar surface area (TPSA) is 658 Å². The molecule has 3 aliphatic heterocycles. The Kier molecular flexibility index (Phi) is 39.0. The molecule has 0 radical (unpaired) electrons. The minimum atomic E-state index is -2.22. The van der Waals surface area contributed by atoms with Crippen molar-refractivity contribution in [2.45, 2.75) is 177 Å². The van der Waals surface area contributed by atoms with Crippen molar-refractivity contribution in [1.82, 2.24) is 93.8 Å². The highest BCUT2D eigenvalue weighted by Gasteiger charge is 2.40.